The first-order valence-corrected chi connectivity index (χ1v) is 8.49. The van der Waals surface area contributed by atoms with Gasteiger partial charge in [-0.3, -0.25) is 9.59 Å². The minimum atomic E-state index is -0.541. The van der Waals surface area contributed by atoms with Gasteiger partial charge in [0, 0.05) is 32.2 Å². The van der Waals surface area contributed by atoms with Crippen molar-refractivity contribution in [1.29, 1.82) is 0 Å². The Labute approximate surface area is 142 Å². The Hall–Kier alpha value is -1.56. The van der Waals surface area contributed by atoms with Gasteiger partial charge in [-0.2, -0.15) is 5.10 Å². The maximum absolute atomic E-state index is 12.4. The van der Waals surface area contributed by atoms with E-state index < -0.39 is 5.38 Å². The summed E-state index contributed by atoms with van der Waals surface area (Å²) in [6, 6.07) is 1.81. The van der Waals surface area contributed by atoms with E-state index >= 15 is 0 Å². The van der Waals surface area contributed by atoms with Gasteiger partial charge in [0.15, 0.2) is 0 Å². The molecule has 1 aliphatic heterocycles. The molecular weight excluding hydrogens is 316 g/mol. The monoisotopic (exact) mass is 340 g/mol. The summed E-state index contributed by atoms with van der Waals surface area (Å²) in [5, 5.41) is 3.79. The molecule has 23 heavy (non-hydrogen) atoms. The number of aromatic nitrogens is 2. The fourth-order valence-corrected chi connectivity index (χ4v) is 2.92. The highest BCUT2D eigenvalue weighted by atomic mass is 35.5. The van der Waals surface area contributed by atoms with Crippen molar-refractivity contribution in [3.8, 4) is 0 Å². The molecule has 1 saturated heterocycles. The second-order valence-electron chi connectivity index (χ2n) is 6.40. The first kappa shape index (κ1) is 17.8. The first-order chi connectivity index (χ1) is 10.8. The summed E-state index contributed by atoms with van der Waals surface area (Å²) in [6.45, 7) is 6.97. The molecule has 1 aromatic heterocycles. The lowest BCUT2D eigenvalue weighted by molar-refractivity contribution is -0.132. The van der Waals surface area contributed by atoms with Crippen molar-refractivity contribution in [3.63, 3.8) is 0 Å². The number of anilines is 1. The molecule has 0 radical (unpaired) electrons. The van der Waals surface area contributed by atoms with Crippen LogP contribution in [0, 0.1) is 0 Å². The molecule has 0 bridgehead atoms. The van der Waals surface area contributed by atoms with Gasteiger partial charge in [0.05, 0.1) is 17.9 Å². The van der Waals surface area contributed by atoms with Crippen LogP contribution in [-0.4, -0.2) is 52.1 Å². The second-order valence-corrected chi connectivity index (χ2v) is 7.05. The molecule has 2 rings (SSSR count). The summed E-state index contributed by atoms with van der Waals surface area (Å²) in [4.78, 5) is 28.2. The third-order valence-electron chi connectivity index (χ3n) is 4.39. The Bertz CT molecular complexity index is 614. The molecule has 128 valence electrons. The Morgan fingerprint density at radius 1 is 1.43 bits per heavy atom. The van der Waals surface area contributed by atoms with Crippen LogP contribution < -0.4 is 10.5 Å². The summed E-state index contributed by atoms with van der Waals surface area (Å²) in [7, 11) is 1.94. The van der Waals surface area contributed by atoms with Gasteiger partial charge in [0.2, 0.25) is 5.91 Å². The van der Waals surface area contributed by atoms with E-state index in [2.05, 4.69) is 18.9 Å². The SMILES string of the molecule is CC(Cl)C(=O)N1CCCC(n2ncc(N(C)C(C)C)cc2=O)C1. The van der Waals surface area contributed by atoms with Crippen LogP contribution in [0.5, 0.6) is 0 Å². The number of piperidine rings is 1. The molecule has 0 aliphatic carbocycles. The van der Waals surface area contributed by atoms with Gasteiger partial charge >= 0.3 is 0 Å². The standard InChI is InChI=1S/C16H25ClN4O2/c1-11(2)19(4)14-8-15(22)21(18-9-14)13-6-5-7-20(10-13)16(23)12(3)17/h8-9,11-13H,5-7,10H2,1-4H3. The van der Waals surface area contributed by atoms with E-state index in [4.69, 9.17) is 11.6 Å². The number of likely N-dealkylation sites (tertiary alicyclic amines) is 1. The summed E-state index contributed by atoms with van der Waals surface area (Å²) in [5.74, 6) is -0.0828. The Morgan fingerprint density at radius 3 is 2.70 bits per heavy atom. The van der Waals surface area contributed by atoms with Crippen molar-refractivity contribution in [2.24, 2.45) is 0 Å². The summed E-state index contributed by atoms with van der Waals surface area (Å²) in [5.41, 5.74) is 0.674. The van der Waals surface area contributed by atoms with E-state index in [1.54, 1.807) is 24.1 Å². The molecule has 0 spiro atoms. The molecule has 1 amide bonds. The minimum absolute atomic E-state index is 0.0828. The number of carbonyl (C=O) groups is 1. The number of nitrogens with zero attached hydrogens (tertiary/aromatic N) is 4. The summed E-state index contributed by atoms with van der Waals surface area (Å²) < 4.78 is 1.50. The van der Waals surface area contributed by atoms with E-state index in [9.17, 15) is 9.59 Å². The lowest BCUT2D eigenvalue weighted by Crippen LogP contribution is -2.45. The number of halogens is 1. The third-order valence-corrected chi connectivity index (χ3v) is 4.57. The Morgan fingerprint density at radius 2 is 2.13 bits per heavy atom. The van der Waals surface area contributed by atoms with Crippen molar-refractivity contribution in [3.05, 3.63) is 22.6 Å². The van der Waals surface area contributed by atoms with Gasteiger partial charge in [0.1, 0.15) is 5.38 Å². The number of rotatable bonds is 4. The number of hydrogen-bond donors (Lipinski definition) is 0. The molecule has 2 heterocycles. The summed E-state index contributed by atoms with van der Waals surface area (Å²) >= 11 is 5.89. The smallest absolute Gasteiger partial charge is 0.269 e. The lowest BCUT2D eigenvalue weighted by atomic mass is 10.1. The molecule has 1 aliphatic rings. The van der Waals surface area contributed by atoms with Crippen LogP contribution >= 0.6 is 11.6 Å². The zero-order valence-electron chi connectivity index (χ0n) is 14.2. The molecule has 2 atom stereocenters. The van der Waals surface area contributed by atoms with Crippen molar-refractivity contribution in [2.75, 3.05) is 25.0 Å². The summed E-state index contributed by atoms with van der Waals surface area (Å²) in [6.07, 6.45) is 3.40. The fourth-order valence-electron chi connectivity index (χ4n) is 2.78. The van der Waals surface area contributed by atoms with Crippen LogP contribution in [0.4, 0.5) is 5.69 Å². The maximum Gasteiger partial charge on any atom is 0.269 e. The number of alkyl halides is 1. The zero-order chi connectivity index (χ0) is 17.1. The second kappa shape index (κ2) is 7.34. The van der Waals surface area contributed by atoms with Crippen LogP contribution in [0.25, 0.3) is 0 Å². The van der Waals surface area contributed by atoms with E-state index in [0.717, 1.165) is 18.5 Å². The van der Waals surface area contributed by atoms with Crippen LogP contribution in [0.3, 0.4) is 0 Å². The molecule has 1 aromatic rings. The van der Waals surface area contributed by atoms with E-state index in [0.29, 0.717) is 19.1 Å². The molecule has 0 aromatic carbocycles. The quantitative estimate of drug-likeness (QED) is 0.785. The van der Waals surface area contributed by atoms with Crippen LogP contribution in [0.1, 0.15) is 39.7 Å². The van der Waals surface area contributed by atoms with Gasteiger partial charge in [-0.05, 0) is 33.6 Å². The Kier molecular flexibility index (Phi) is 5.68. The highest BCUT2D eigenvalue weighted by Crippen LogP contribution is 2.21. The van der Waals surface area contributed by atoms with Crippen molar-refractivity contribution in [1.82, 2.24) is 14.7 Å². The largest absolute Gasteiger partial charge is 0.371 e. The first-order valence-electron chi connectivity index (χ1n) is 8.05. The van der Waals surface area contributed by atoms with Crippen molar-refractivity contribution < 1.29 is 4.79 Å². The number of amides is 1. The molecular formula is C16H25ClN4O2. The average molecular weight is 341 g/mol. The minimum Gasteiger partial charge on any atom is -0.371 e. The Balaban J connectivity index is 2.18. The third kappa shape index (κ3) is 4.05. The molecule has 1 fully saturated rings. The highest BCUT2D eigenvalue weighted by Gasteiger charge is 2.28. The van der Waals surface area contributed by atoms with Crippen LogP contribution in [-0.2, 0) is 4.79 Å². The van der Waals surface area contributed by atoms with Gasteiger partial charge in [-0.15, -0.1) is 11.6 Å². The number of hydrogen-bond acceptors (Lipinski definition) is 4. The van der Waals surface area contributed by atoms with Crippen LogP contribution in [0.15, 0.2) is 17.1 Å². The average Bonchev–Trinajstić information content (AvgIpc) is 2.53. The molecule has 7 heteroatoms. The van der Waals surface area contributed by atoms with Crippen LogP contribution in [0.2, 0.25) is 0 Å². The molecule has 0 saturated carbocycles. The van der Waals surface area contributed by atoms with Gasteiger partial charge in [-0.1, -0.05) is 0 Å². The van der Waals surface area contributed by atoms with Gasteiger partial charge in [-0.25, -0.2) is 4.68 Å². The zero-order valence-corrected chi connectivity index (χ0v) is 15.0. The number of carbonyl (C=O) groups excluding carboxylic acids is 1. The van der Waals surface area contributed by atoms with E-state index in [-0.39, 0.29) is 17.5 Å². The maximum atomic E-state index is 12.4. The van der Waals surface area contributed by atoms with Gasteiger partial charge in [0.25, 0.3) is 5.56 Å². The molecule has 0 N–H and O–H groups in total. The lowest BCUT2D eigenvalue weighted by Gasteiger charge is -2.33. The highest BCUT2D eigenvalue weighted by molar-refractivity contribution is 6.30. The molecule has 6 nitrogen and oxygen atoms in total. The predicted octanol–water partition coefficient (Wildman–Crippen LogP) is 1.88. The molecule has 2 unspecified atom stereocenters. The normalized spacial score (nSPS) is 19.7. The predicted molar refractivity (Wildman–Crippen MR) is 92.2 cm³/mol. The van der Waals surface area contributed by atoms with Crippen molar-refractivity contribution in [2.45, 2.75) is 51.1 Å². The van der Waals surface area contributed by atoms with Gasteiger partial charge < -0.3 is 9.80 Å². The van der Waals surface area contributed by atoms with Crippen molar-refractivity contribution >= 4 is 23.2 Å². The fraction of sp³-hybridized carbons (Fsp3) is 0.688. The van der Waals surface area contributed by atoms with E-state index in [1.807, 2.05) is 11.9 Å². The topological polar surface area (TPSA) is 58.4 Å². The van der Waals surface area contributed by atoms with E-state index in [1.165, 1.54) is 4.68 Å².